The molecule has 1 aliphatic rings. The summed E-state index contributed by atoms with van der Waals surface area (Å²) in [5.41, 5.74) is 0. The quantitative estimate of drug-likeness (QED) is 0.874. The smallest absolute Gasteiger partial charge is 0.159 e. The molecule has 1 aromatic carbocycles. The van der Waals surface area contributed by atoms with E-state index in [-0.39, 0.29) is 12.1 Å². The number of aliphatic hydroxyl groups excluding tert-OH is 1. The summed E-state index contributed by atoms with van der Waals surface area (Å²) in [6.07, 6.45) is 2.36. The Balaban J connectivity index is 1.95. The first-order valence-electron chi connectivity index (χ1n) is 6.09. The molecule has 1 aliphatic carbocycles. The molecule has 1 heterocycles. The largest absolute Gasteiger partial charge is 0.393 e. The van der Waals surface area contributed by atoms with Gasteiger partial charge in [-0.15, -0.1) is 10.2 Å². The maximum atomic E-state index is 9.54. The van der Waals surface area contributed by atoms with Crippen LogP contribution in [0.15, 0.2) is 24.3 Å². The molecule has 0 bridgehead atoms. The lowest BCUT2D eigenvalue weighted by atomic mass is 10.1. The fraction of sp³-hybridized carbons (Fsp3) is 0.385. The summed E-state index contributed by atoms with van der Waals surface area (Å²) in [7, 11) is 0. The normalized spacial score (nSPS) is 23.4. The third-order valence-electron chi connectivity index (χ3n) is 3.39. The van der Waals surface area contributed by atoms with Crippen LogP contribution in [0.1, 0.15) is 19.3 Å². The molecule has 3 rings (SSSR count). The Morgan fingerprint density at radius 3 is 2.67 bits per heavy atom. The molecule has 2 N–H and O–H groups in total. The third kappa shape index (κ3) is 2.13. The molecule has 0 unspecified atom stereocenters. The lowest BCUT2D eigenvalue weighted by Crippen LogP contribution is -2.18. The number of aromatic nitrogens is 2. The summed E-state index contributed by atoms with van der Waals surface area (Å²) in [4.78, 5) is 0. The summed E-state index contributed by atoms with van der Waals surface area (Å²) >= 11 is 6.03. The molecule has 1 aromatic heterocycles. The summed E-state index contributed by atoms with van der Waals surface area (Å²) in [5.74, 6) is 0.745. The van der Waals surface area contributed by atoms with Crippen LogP contribution in [0.5, 0.6) is 0 Å². The Morgan fingerprint density at radius 1 is 1.17 bits per heavy atom. The van der Waals surface area contributed by atoms with Crippen molar-refractivity contribution in [1.29, 1.82) is 0 Å². The SMILES string of the molecule is O[C@H]1CC[C@H](Nc2nnc(Cl)c3ccccc23)C1. The molecule has 0 aliphatic heterocycles. The van der Waals surface area contributed by atoms with Crippen LogP contribution in [0.25, 0.3) is 10.8 Å². The Labute approximate surface area is 110 Å². The number of aliphatic hydroxyl groups is 1. The van der Waals surface area contributed by atoms with Gasteiger partial charge < -0.3 is 10.4 Å². The van der Waals surface area contributed by atoms with Gasteiger partial charge in [-0.2, -0.15) is 0 Å². The van der Waals surface area contributed by atoms with E-state index >= 15 is 0 Å². The number of halogens is 1. The van der Waals surface area contributed by atoms with Crippen molar-refractivity contribution in [3.63, 3.8) is 0 Å². The number of hydrogen-bond acceptors (Lipinski definition) is 4. The summed E-state index contributed by atoms with van der Waals surface area (Å²) in [6.45, 7) is 0. The van der Waals surface area contributed by atoms with Crippen molar-refractivity contribution in [2.24, 2.45) is 0 Å². The van der Waals surface area contributed by atoms with E-state index in [4.69, 9.17) is 11.6 Å². The van der Waals surface area contributed by atoms with Crippen LogP contribution in [0.2, 0.25) is 5.15 Å². The van der Waals surface area contributed by atoms with E-state index in [1.54, 1.807) is 0 Å². The maximum Gasteiger partial charge on any atom is 0.159 e. The fourth-order valence-electron chi connectivity index (χ4n) is 2.46. The van der Waals surface area contributed by atoms with Gasteiger partial charge >= 0.3 is 0 Å². The van der Waals surface area contributed by atoms with Crippen LogP contribution < -0.4 is 5.32 Å². The molecule has 1 saturated carbocycles. The molecule has 2 aromatic rings. The van der Waals surface area contributed by atoms with Gasteiger partial charge in [-0.1, -0.05) is 35.9 Å². The zero-order valence-electron chi connectivity index (χ0n) is 9.81. The molecular weight excluding hydrogens is 250 g/mol. The topological polar surface area (TPSA) is 58.0 Å². The second kappa shape index (κ2) is 4.71. The number of nitrogens with zero attached hydrogens (tertiary/aromatic N) is 2. The Morgan fingerprint density at radius 2 is 1.94 bits per heavy atom. The van der Waals surface area contributed by atoms with Gasteiger partial charge in [-0.25, -0.2) is 0 Å². The van der Waals surface area contributed by atoms with Gasteiger partial charge in [-0.3, -0.25) is 0 Å². The van der Waals surface area contributed by atoms with Gasteiger partial charge in [0.15, 0.2) is 11.0 Å². The first-order valence-corrected chi connectivity index (χ1v) is 6.47. The summed E-state index contributed by atoms with van der Waals surface area (Å²) < 4.78 is 0. The highest BCUT2D eigenvalue weighted by Crippen LogP contribution is 2.28. The molecule has 5 heteroatoms. The highest BCUT2D eigenvalue weighted by molar-refractivity contribution is 6.34. The molecule has 94 valence electrons. The zero-order valence-corrected chi connectivity index (χ0v) is 10.6. The van der Waals surface area contributed by atoms with Gasteiger partial charge in [-0.05, 0) is 19.3 Å². The minimum absolute atomic E-state index is 0.200. The van der Waals surface area contributed by atoms with Crippen LogP contribution in [0.3, 0.4) is 0 Å². The number of hydrogen-bond donors (Lipinski definition) is 2. The van der Waals surface area contributed by atoms with Crippen LogP contribution in [0, 0.1) is 0 Å². The fourth-order valence-corrected chi connectivity index (χ4v) is 2.66. The molecule has 1 fully saturated rings. The van der Waals surface area contributed by atoms with Crippen LogP contribution in [0.4, 0.5) is 5.82 Å². The van der Waals surface area contributed by atoms with Gasteiger partial charge in [0.2, 0.25) is 0 Å². The van der Waals surface area contributed by atoms with Gasteiger partial charge in [0.05, 0.1) is 6.10 Å². The van der Waals surface area contributed by atoms with Gasteiger partial charge in [0, 0.05) is 16.8 Å². The van der Waals surface area contributed by atoms with Crippen molar-refractivity contribution in [3.8, 4) is 0 Å². The Bertz CT molecular complexity index is 575. The maximum absolute atomic E-state index is 9.54. The minimum Gasteiger partial charge on any atom is -0.393 e. The molecule has 0 saturated heterocycles. The second-order valence-corrected chi connectivity index (χ2v) is 5.05. The standard InChI is InChI=1S/C13H14ClN3O/c14-12-10-3-1-2-4-11(10)13(17-16-12)15-8-5-6-9(18)7-8/h1-4,8-9,18H,5-7H2,(H,15,17)/t8-,9-/m0/s1. The summed E-state index contributed by atoms with van der Waals surface area (Å²) in [6, 6.07) is 8.05. The van der Waals surface area contributed by atoms with Gasteiger partial charge in [0.1, 0.15) is 0 Å². The van der Waals surface area contributed by atoms with E-state index in [0.717, 1.165) is 35.9 Å². The van der Waals surface area contributed by atoms with Gasteiger partial charge in [0.25, 0.3) is 0 Å². The van der Waals surface area contributed by atoms with Crippen molar-refractivity contribution in [2.75, 3.05) is 5.32 Å². The Hall–Kier alpha value is -1.39. The summed E-state index contributed by atoms with van der Waals surface area (Å²) in [5, 5.41) is 23.3. The number of fused-ring (bicyclic) bond motifs is 1. The predicted octanol–water partition coefficient (Wildman–Crippen LogP) is 2.61. The average molecular weight is 264 g/mol. The molecule has 18 heavy (non-hydrogen) atoms. The van der Waals surface area contributed by atoms with Crippen LogP contribution >= 0.6 is 11.6 Å². The van der Waals surface area contributed by atoms with Crippen molar-refractivity contribution < 1.29 is 5.11 Å². The Kier molecular flexibility index (Phi) is 3.06. The van der Waals surface area contributed by atoms with Crippen molar-refractivity contribution in [3.05, 3.63) is 29.4 Å². The average Bonchev–Trinajstić information content (AvgIpc) is 2.79. The molecule has 2 atom stereocenters. The lowest BCUT2D eigenvalue weighted by molar-refractivity contribution is 0.182. The second-order valence-electron chi connectivity index (χ2n) is 4.69. The minimum atomic E-state index is -0.200. The van der Waals surface area contributed by atoms with E-state index in [2.05, 4.69) is 15.5 Å². The third-order valence-corrected chi connectivity index (χ3v) is 3.67. The highest BCUT2D eigenvalue weighted by atomic mass is 35.5. The monoisotopic (exact) mass is 263 g/mol. The van der Waals surface area contributed by atoms with E-state index < -0.39 is 0 Å². The molecule has 4 nitrogen and oxygen atoms in total. The number of nitrogens with one attached hydrogen (secondary N) is 1. The number of benzene rings is 1. The highest BCUT2D eigenvalue weighted by Gasteiger charge is 2.23. The molecule has 0 spiro atoms. The lowest BCUT2D eigenvalue weighted by Gasteiger charge is -2.14. The zero-order chi connectivity index (χ0) is 12.5. The number of rotatable bonds is 2. The predicted molar refractivity (Wildman–Crippen MR) is 71.8 cm³/mol. The van der Waals surface area contributed by atoms with Crippen molar-refractivity contribution in [2.45, 2.75) is 31.4 Å². The number of anilines is 1. The van der Waals surface area contributed by atoms with Crippen LogP contribution in [-0.2, 0) is 0 Å². The molecule has 0 radical (unpaired) electrons. The van der Waals surface area contributed by atoms with Crippen molar-refractivity contribution >= 4 is 28.2 Å². The molecular formula is C13H14ClN3O. The van der Waals surface area contributed by atoms with E-state index in [1.807, 2.05) is 24.3 Å². The first kappa shape index (κ1) is 11.7. The van der Waals surface area contributed by atoms with Crippen LogP contribution in [-0.4, -0.2) is 27.4 Å². The molecule has 0 amide bonds. The van der Waals surface area contributed by atoms with Crippen molar-refractivity contribution in [1.82, 2.24) is 10.2 Å². The van der Waals surface area contributed by atoms with E-state index in [0.29, 0.717) is 5.15 Å². The van der Waals surface area contributed by atoms with E-state index in [1.165, 1.54) is 0 Å². The first-order chi connectivity index (χ1) is 8.74. The van der Waals surface area contributed by atoms with E-state index in [9.17, 15) is 5.11 Å².